The zero-order valence-corrected chi connectivity index (χ0v) is 13.0. The highest BCUT2D eigenvalue weighted by atomic mass is 79.9. The summed E-state index contributed by atoms with van der Waals surface area (Å²) in [5.41, 5.74) is 0.792. The van der Waals surface area contributed by atoms with E-state index in [0.717, 1.165) is 0 Å². The first kappa shape index (κ1) is 15.3. The fourth-order valence-corrected chi connectivity index (χ4v) is 2.08. The molecule has 1 heterocycles. The van der Waals surface area contributed by atoms with Gasteiger partial charge in [-0.2, -0.15) is 5.26 Å². The van der Waals surface area contributed by atoms with E-state index in [9.17, 15) is 4.79 Å². The zero-order chi connectivity index (χ0) is 15.2. The Hall–Kier alpha value is -2.10. The van der Waals surface area contributed by atoms with Gasteiger partial charge in [0.1, 0.15) is 17.0 Å². The van der Waals surface area contributed by atoms with Crippen LogP contribution in [0.1, 0.15) is 10.4 Å². The molecule has 0 aliphatic rings. The maximum atomic E-state index is 12.2. The van der Waals surface area contributed by atoms with Crippen LogP contribution in [-0.2, 0) is 0 Å². The van der Waals surface area contributed by atoms with Gasteiger partial charge in [-0.25, -0.2) is 4.98 Å². The van der Waals surface area contributed by atoms with Crippen LogP contribution in [0.5, 0.6) is 5.75 Å². The molecule has 2 rings (SSSR count). The van der Waals surface area contributed by atoms with Crippen molar-refractivity contribution in [3.05, 3.63) is 51.7 Å². The molecule has 21 heavy (non-hydrogen) atoms. The third-order valence-corrected chi connectivity index (χ3v) is 3.18. The summed E-state index contributed by atoms with van der Waals surface area (Å²) in [5, 5.41) is 11.3. The number of nitriles is 1. The quantitative estimate of drug-likeness (QED) is 0.838. The van der Waals surface area contributed by atoms with Crippen LogP contribution in [0.4, 0.5) is 5.69 Å². The van der Waals surface area contributed by atoms with Crippen molar-refractivity contribution in [3.63, 3.8) is 0 Å². The molecule has 2 aromatic rings. The Morgan fingerprint density at radius 2 is 2.29 bits per heavy atom. The van der Waals surface area contributed by atoms with Crippen LogP contribution in [0.15, 0.2) is 41.0 Å². The summed E-state index contributed by atoms with van der Waals surface area (Å²) in [5.74, 6) is 0.110. The van der Waals surface area contributed by atoms with Gasteiger partial charge in [0.15, 0.2) is 6.61 Å². The van der Waals surface area contributed by atoms with Gasteiger partial charge < -0.3 is 10.1 Å². The van der Waals surface area contributed by atoms with Crippen molar-refractivity contribution in [2.24, 2.45) is 0 Å². The molecule has 0 aliphatic carbocycles. The average Bonchev–Trinajstić information content (AvgIpc) is 2.48. The number of benzene rings is 1. The minimum atomic E-state index is -0.383. The Morgan fingerprint density at radius 3 is 3.05 bits per heavy atom. The predicted octanol–water partition coefficient (Wildman–Crippen LogP) is 3.65. The average molecular weight is 367 g/mol. The van der Waals surface area contributed by atoms with Crippen LogP contribution in [0.3, 0.4) is 0 Å². The van der Waals surface area contributed by atoms with Gasteiger partial charge in [0.25, 0.3) is 5.91 Å². The second-order valence-electron chi connectivity index (χ2n) is 3.92. The van der Waals surface area contributed by atoms with Gasteiger partial charge in [-0.3, -0.25) is 4.79 Å². The summed E-state index contributed by atoms with van der Waals surface area (Å²) < 4.78 is 5.82. The van der Waals surface area contributed by atoms with Crippen molar-refractivity contribution in [1.82, 2.24) is 4.98 Å². The smallest absolute Gasteiger partial charge is 0.258 e. The van der Waals surface area contributed by atoms with Gasteiger partial charge in [0.2, 0.25) is 0 Å². The van der Waals surface area contributed by atoms with Gasteiger partial charge in [-0.15, -0.1) is 0 Å². The first-order valence-corrected chi connectivity index (χ1v) is 6.99. The highest BCUT2D eigenvalue weighted by Crippen LogP contribution is 2.21. The zero-order valence-electron chi connectivity index (χ0n) is 10.6. The number of carbonyl (C=O) groups is 1. The summed E-state index contributed by atoms with van der Waals surface area (Å²) in [6, 6.07) is 10.2. The number of carbonyl (C=O) groups excluding carboxylic acids is 1. The van der Waals surface area contributed by atoms with Gasteiger partial charge in [0, 0.05) is 22.4 Å². The summed E-state index contributed by atoms with van der Waals surface area (Å²) in [7, 11) is 0. The minimum Gasteiger partial charge on any atom is -0.479 e. The topological polar surface area (TPSA) is 75.0 Å². The number of hydrogen-bond donors (Lipinski definition) is 1. The highest BCUT2D eigenvalue weighted by molar-refractivity contribution is 9.10. The van der Waals surface area contributed by atoms with E-state index in [1.807, 2.05) is 6.07 Å². The normalized spacial score (nSPS) is 9.76. The minimum absolute atomic E-state index is 0.0568. The van der Waals surface area contributed by atoms with Crippen molar-refractivity contribution in [3.8, 4) is 11.8 Å². The molecule has 0 saturated carbocycles. The Morgan fingerprint density at radius 1 is 1.48 bits per heavy atom. The molecule has 1 aromatic heterocycles. The molecule has 0 fully saturated rings. The maximum Gasteiger partial charge on any atom is 0.258 e. The van der Waals surface area contributed by atoms with Crippen LogP contribution in [0.2, 0.25) is 5.15 Å². The number of hydrogen-bond acceptors (Lipinski definition) is 4. The lowest BCUT2D eigenvalue weighted by Gasteiger charge is -2.08. The summed E-state index contributed by atoms with van der Waals surface area (Å²) in [6.45, 7) is -0.0568. The number of pyridine rings is 1. The van der Waals surface area contributed by atoms with Crippen molar-refractivity contribution in [2.75, 3.05) is 11.9 Å². The lowest BCUT2D eigenvalue weighted by molar-refractivity contribution is 0.102. The van der Waals surface area contributed by atoms with Gasteiger partial charge in [-0.1, -0.05) is 17.7 Å². The molecule has 5 nitrogen and oxygen atoms in total. The molecule has 0 aliphatic heterocycles. The molecular weight excluding hydrogens is 358 g/mol. The number of nitrogens with zero attached hydrogens (tertiary/aromatic N) is 2. The van der Waals surface area contributed by atoms with E-state index in [4.69, 9.17) is 21.6 Å². The molecular formula is C14H9BrClN3O2. The third kappa shape index (κ3) is 4.18. The van der Waals surface area contributed by atoms with Crippen molar-refractivity contribution >= 4 is 39.1 Å². The van der Waals surface area contributed by atoms with Crippen LogP contribution < -0.4 is 10.1 Å². The molecule has 0 spiro atoms. The number of rotatable bonds is 4. The summed E-state index contributed by atoms with van der Waals surface area (Å²) in [6.07, 6.45) is 1.51. The van der Waals surface area contributed by atoms with E-state index in [2.05, 4.69) is 26.2 Å². The van der Waals surface area contributed by atoms with Gasteiger partial charge in [0.05, 0.1) is 5.56 Å². The van der Waals surface area contributed by atoms with E-state index in [1.54, 1.807) is 30.3 Å². The van der Waals surface area contributed by atoms with Crippen molar-refractivity contribution < 1.29 is 9.53 Å². The first-order chi connectivity index (χ1) is 10.1. The SMILES string of the molecule is N#CCOc1cccc(NC(=O)c2cc(Br)cnc2Cl)c1. The van der Waals surface area contributed by atoms with E-state index in [1.165, 1.54) is 6.20 Å². The lowest BCUT2D eigenvalue weighted by atomic mass is 10.2. The standard InChI is InChI=1S/C14H9BrClN3O2/c15-9-6-12(13(16)18-8-9)14(20)19-10-2-1-3-11(7-10)21-5-4-17/h1-3,6-8H,5H2,(H,19,20). The van der Waals surface area contributed by atoms with Crippen molar-refractivity contribution in [2.45, 2.75) is 0 Å². The lowest BCUT2D eigenvalue weighted by Crippen LogP contribution is -2.13. The third-order valence-electron chi connectivity index (χ3n) is 2.45. The number of amides is 1. The van der Waals surface area contributed by atoms with Crippen LogP contribution >= 0.6 is 27.5 Å². The fraction of sp³-hybridized carbons (Fsp3) is 0.0714. The Kier molecular flexibility index (Phi) is 5.14. The summed E-state index contributed by atoms with van der Waals surface area (Å²) >= 11 is 9.14. The fourth-order valence-electron chi connectivity index (χ4n) is 1.56. The Balaban J connectivity index is 2.16. The van der Waals surface area contributed by atoms with E-state index in [-0.39, 0.29) is 23.2 Å². The van der Waals surface area contributed by atoms with Gasteiger partial charge in [-0.05, 0) is 34.1 Å². The van der Waals surface area contributed by atoms with E-state index >= 15 is 0 Å². The second-order valence-corrected chi connectivity index (χ2v) is 5.19. The molecule has 1 amide bonds. The van der Waals surface area contributed by atoms with E-state index in [0.29, 0.717) is 15.9 Å². The molecule has 0 atom stereocenters. The Bertz CT molecular complexity index is 716. The molecule has 0 radical (unpaired) electrons. The van der Waals surface area contributed by atoms with Crippen LogP contribution in [0, 0.1) is 11.3 Å². The van der Waals surface area contributed by atoms with Crippen molar-refractivity contribution in [1.29, 1.82) is 5.26 Å². The predicted molar refractivity (Wildman–Crippen MR) is 82.5 cm³/mol. The molecule has 0 bridgehead atoms. The summed E-state index contributed by atoms with van der Waals surface area (Å²) in [4.78, 5) is 16.1. The largest absolute Gasteiger partial charge is 0.479 e. The molecule has 106 valence electrons. The monoisotopic (exact) mass is 365 g/mol. The molecule has 1 aromatic carbocycles. The molecule has 7 heteroatoms. The number of halogens is 2. The first-order valence-electron chi connectivity index (χ1n) is 5.82. The molecule has 0 unspecified atom stereocenters. The number of aromatic nitrogens is 1. The number of nitrogens with one attached hydrogen (secondary N) is 1. The van der Waals surface area contributed by atoms with Gasteiger partial charge >= 0.3 is 0 Å². The van der Waals surface area contributed by atoms with E-state index < -0.39 is 0 Å². The Labute approximate surface area is 134 Å². The molecule has 1 N–H and O–H groups in total. The van der Waals surface area contributed by atoms with Crippen LogP contribution in [0.25, 0.3) is 0 Å². The molecule has 0 saturated heterocycles. The maximum absolute atomic E-state index is 12.2. The number of anilines is 1. The second kappa shape index (κ2) is 7.07. The highest BCUT2D eigenvalue weighted by Gasteiger charge is 2.12. The van der Waals surface area contributed by atoms with Crippen LogP contribution in [-0.4, -0.2) is 17.5 Å². The number of ether oxygens (including phenoxy) is 1.